The summed E-state index contributed by atoms with van der Waals surface area (Å²) in [7, 11) is 0. The minimum Gasteiger partial charge on any atom is -0.363 e. The van der Waals surface area contributed by atoms with Gasteiger partial charge in [-0.1, -0.05) is 30.3 Å². The molecular weight excluding hydrogens is 300 g/mol. The molecule has 1 N–H and O–H groups in total. The molecule has 2 aromatic rings. The van der Waals surface area contributed by atoms with Crippen molar-refractivity contribution in [2.24, 2.45) is 0 Å². The molecule has 0 radical (unpaired) electrons. The smallest absolute Gasteiger partial charge is 0.293 e. The van der Waals surface area contributed by atoms with E-state index in [0.29, 0.717) is 11.9 Å². The summed E-state index contributed by atoms with van der Waals surface area (Å²) in [6.45, 7) is 7.09. The Kier molecular flexibility index (Phi) is 5.30. The largest absolute Gasteiger partial charge is 0.363 e. The molecule has 1 aliphatic heterocycles. The maximum Gasteiger partial charge on any atom is 0.293 e. The quantitative estimate of drug-likeness (QED) is 0.918. The van der Waals surface area contributed by atoms with E-state index < -0.39 is 0 Å². The van der Waals surface area contributed by atoms with Crippen molar-refractivity contribution < 1.29 is 0 Å². The molecule has 5 heteroatoms. The highest BCUT2D eigenvalue weighted by atomic mass is 16.1. The molecule has 0 amide bonds. The topological polar surface area (TPSA) is 50.2 Å². The average Bonchev–Trinajstić information content (AvgIpc) is 2.59. The van der Waals surface area contributed by atoms with Gasteiger partial charge in [0, 0.05) is 44.1 Å². The van der Waals surface area contributed by atoms with Crippen molar-refractivity contribution in [3.63, 3.8) is 0 Å². The SMILES string of the molecule is CC(C)n1ccnc(NC2CCN(Cc3ccccc3)CC2)c1=O. The molecule has 1 aliphatic rings. The van der Waals surface area contributed by atoms with E-state index >= 15 is 0 Å². The molecule has 1 aromatic heterocycles. The molecule has 1 saturated heterocycles. The lowest BCUT2D eigenvalue weighted by molar-refractivity contribution is 0.211. The summed E-state index contributed by atoms with van der Waals surface area (Å²) in [6, 6.07) is 11.0. The van der Waals surface area contributed by atoms with Crippen molar-refractivity contribution in [3.05, 3.63) is 58.6 Å². The van der Waals surface area contributed by atoms with Gasteiger partial charge in [-0.25, -0.2) is 4.98 Å². The van der Waals surface area contributed by atoms with Gasteiger partial charge in [-0.2, -0.15) is 0 Å². The summed E-state index contributed by atoms with van der Waals surface area (Å²) >= 11 is 0. The van der Waals surface area contributed by atoms with E-state index in [0.717, 1.165) is 32.5 Å². The van der Waals surface area contributed by atoms with Gasteiger partial charge in [-0.3, -0.25) is 9.69 Å². The van der Waals surface area contributed by atoms with Gasteiger partial charge in [0.2, 0.25) is 0 Å². The Balaban J connectivity index is 1.56. The Bertz CT molecular complexity index is 703. The van der Waals surface area contributed by atoms with Crippen LogP contribution in [0.1, 0.15) is 38.3 Å². The molecule has 1 fully saturated rings. The maximum atomic E-state index is 12.4. The van der Waals surface area contributed by atoms with Gasteiger partial charge < -0.3 is 9.88 Å². The van der Waals surface area contributed by atoms with E-state index in [1.807, 2.05) is 13.8 Å². The molecular formula is C19H26N4O. The Labute approximate surface area is 143 Å². The van der Waals surface area contributed by atoms with E-state index in [1.165, 1.54) is 5.56 Å². The van der Waals surface area contributed by atoms with Crippen molar-refractivity contribution in [3.8, 4) is 0 Å². The number of likely N-dealkylation sites (tertiary alicyclic amines) is 1. The molecule has 24 heavy (non-hydrogen) atoms. The van der Waals surface area contributed by atoms with Gasteiger partial charge >= 0.3 is 0 Å². The Morgan fingerprint density at radius 3 is 2.58 bits per heavy atom. The lowest BCUT2D eigenvalue weighted by Crippen LogP contribution is -2.40. The number of piperidine rings is 1. The van der Waals surface area contributed by atoms with Crippen LogP contribution in [0, 0.1) is 0 Å². The number of hydrogen-bond donors (Lipinski definition) is 1. The molecule has 3 rings (SSSR count). The molecule has 2 heterocycles. The molecule has 0 atom stereocenters. The first-order valence-corrected chi connectivity index (χ1v) is 8.73. The van der Waals surface area contributed by atoms with Crippen LogP contribution in [-0.2, 0) is 6.54 Å². The first-order valence-electron chi connectivity index (χ1n) is 8.73. The fourth-order valence-electron chi connectivity index (χ4n) is 3.20. The first kappa shape index (κ1) is 16.7. The molecule has 5 nitrogen and oxygen atoms in total. The van der Waals surface area contributed by atoms with Crippen LogP contribution in [0.5, 0.6) is 0 Å². The van der Waals surface area contributed by atoms with Crippen molar-refractivity contribution >= 4 is 5.82 Å². The zero-order valence-electron chi connectivity index (χ0n) is 14.5. The Morgan fingerprint density at radius 2 is 1.92 bits per heavy atom. The second-order valence-corrected chi connectivity index (χ2v) is 6.76. The van der Waals surface area contributed by atoms with Gasteiger partial charge in [-0.05, 0) is 32.3 Å². The first-order chi connectivity index (χ1) is 11.6. The van der Waals surface area contributed by atoms with E-state index in [4.69, 9.17) is 0 Å². The summed E-state index contributed by atoms with van der Waals surface area (Å²) in [5, 5.41) is 3.36. The average molecular weight is 326 g/mol. The number of nitrogens with zero attached hydrogens (tertiary/aromatic N) is 3. The highest BCUT2D eigenvalue weighted by Gasteiger charge is 2.20. The number of hydrogen-bond acceptors (Lipinski definition) is 4. The van der Waals surface area contributed by atoms with Gasteiger partial charge in [0.05, 0.1) is 0 Å². The molecule has 0 saturated carbocycles. The van der Waals surface area contributed by atoms with Crippen LogP contribution in [0.4, 0.5) is 5.82 Å². The van der Waals surface area contributed by atoms with E-state index in [-0.39, 0.29) is 11.6 Å². The van der Waals surface area contributed by atoms with E-state index in [9.17, 15) is 4.79 Å². The zero-order chi connectivity index (χ0) is 16.9. The third-order valence-corrected chi connectivity index (χ3v) is 4.60. The number of rotatable bonds is 5. The molecule has 128 valence electrons. The van der Waals surface area contributed by atoms with Gasteiger partial charge in [0.15, 0.2) is 5.82 Å². The summed E-state index contributed by atoms with van der Waals surface area (Å²) in [5.41, 5.74) is 1.33. The minimum absolute atomic E-state index is 0.0285. The number of anilines is 1. The maximum absolute atomic E-state index is 12.4. The lowest BCUT2D eigenvalue weighted by Gasteiger charge is -2.32. The van der Waals surface area contributed by atoms with Crippen LogP contribution in [0.2, 0.25) is 0 Å². The van der Waals surface area contributed by atoms with Crippen molar-refractivity contribution in [2.45, 2.75) is 45.3 Å². The second kappa shape index (κ2) is 7.62. The van der Waals surface area contributed by atoms with E-state index in [2.05, 4.69) is 45.5 Å². The molecule has 0 aliphatic carbocycles. The molecule has 0 spiro atoms. The molecule has 0 bridgehead atoms. The summed E-state index contributed by atoms with van der Waals surface area (Å²) < 4.78 is 1.72. The minimum atomic E-state index is -0.0285. The standard InChI is InChI=1S/C19H26N4O/c1-15(2)23-13-10-20-18(19(23)24)21-17-8-11-22(12-9-17)14-16-6-4-3-5-7-16/h3-7,10,13,15,17H,8-9,11-12,14H2,1-2H3,(H,20,21). The number of aromatic nitrogens is 2. The second-order valence-electron chi connectivity index (χ2n) is 6.76. The van der Waals surface area contributed by atoms with E-state index in [1.54, 1.807) is 17.0 Å². The predicted octanol–water partition coefficient (Wildman–Crippen LogP) is 2.90. The van der Waals surface area contributed by atoms with Crippen LogP contribution in [-0.4, -0.2) is 33.6 Å². The van der Waals surface area contributed by atoms with Gasteiger partial charge in [0.1, 0.15) is 0 Å². The van der Waals surface area contributed by atoms with Crippen molar-refractivity contribution in [1.29, 1.82) is 0 Å². The lowest BCUT2D eigenvalue weighted by atomic mass is 10.0. The predicted molar refractivity (Wildman–Crippen MR) is 97.2 cm³/mol. The van der Waals surface area contributed by atoms with Crippen LogP contribution >= 0.6 is 0 Å². The van der Waals surface area contributed by atoms with Crippen LogP contribution in [0.15, 0.2) is 47.5 Å². The fraction of sp³-hybridized carbons (Fsp3) is 0.474. The summed E-state index contributed by atoms with van der Waals surface area (Å²) in [6.07, 6.45) is 5.52. The van der Waals surface area contributed by atoms with Crippen LogP contribution in [0.25, 0.3) is 0 Å². The number of benzene rings is 1. The Hall–Kier alpha value is -2.14. The molecule has 1 aromatic carbocycles. The van der Waals surface area contributed by atoms with Crippen molar-refractivity contribution in [1.82, 2.24) is 14.5 Å². The molecule has 0 unspecified atom stereocenters. The third kappa shape index (κ3) is 4.03. The van der Waals surface area contributed by atoms with Gasteiger partial charge in [-0.15, -0.1) is 0 Å². The van der Waals surface area contributed by atoms with Crippen molar-refractivity contribution in [2.75, 3.05) is 18.4 Å². The fourth-order valence-corrected chi connectivity index (χ4v) is 3.20. The highest BCUT2D eigenvalue weighted by molar-refractivity contribution is 5.32. The Morgan fingerprint density at radius 1 is 1.21 bits per heavy atom. The summed E-state index contributed by atoms with van der Waals surface area (Å²) in [5.74, 6) is 0.479. The van der Waals surface area contributed by atoms with Gasteiger partial charge in [0.25, 0.3) is 5.56 Å². The third-order valence-electron chi connectivity index (χ3n) is 4.60. The van der Waals surface area contributed by atoms with Crippen LogP contribution < -0.4 is 10.9 Å². The summed E-state index contributed by atoms with van der Waals surface area (Å²) in [4.78, 5) is 19.1. The van der Waals surface area contributed by atoms with Crippen LogP contribution in [0.3, 0.4) is 0 Å². The zero-order valence-corrected chi connectivity index (χ0v) is 14.5. The number of nitrogens with one attached hydrogen (secondary N) is 1. The monoisotopic (exact) mass is 326 g/mol. The highest BCUT2D eigenvalue weighted by Crippen LogP contribution is 2.16. The normalized spacial score (nSPS) is 16.5.